The minimum atomic E-state index is -0.334. The number of aromatic nitrogens is 5. The van der Waals surface area contributed by atoms with Gasteiger partial charge in [0, 0.05) is 15.7 Å². The van der Waals surface area contributed by atoms with Crippen molar-refractivity contribution in [3.8, 4) is 0 Å². The quantitative estimate of drug-likeness (QED) is 0.374. The molecule has 2 aromatic heterocycles. The summed E-state index contributed by atoms with van der Waals surface area (Å²) in [6, 6.07) is 20.6. The van der Waals surface area contributed by atoms with Crippen LogP contribution in [-0.4, -0.2) is 25.2 Å². The Balaban J connectivity index is 1.54. The molecule has 0 saturated heterocycles. The Bertz CT molecular complexity index is 1330. The number of tetrazole rings is 1. The van der Waals surface area contributed by atoms with E-state index in [1.165, 1.54) is 6.39 Å². The number of fused-ring (bicyclic) bond motifs is 1. The van der Waals surface area contributed by atoms with Crippen LogP contribution in [0.3, 0.4) is 0 Å². The molecule has 31 heavy (non-hydrogen) atoms. The molecule has 0 aliphatic heterocycles. The molecule has 154 valence electrons. The number of nitrogens with one attached hydrogen (secondary N) is 1. The summed E-state index contributed by atoms with van der Waals surface area (Å²) in [6.45, 7) is 0.441. The Labute approximate surface area is 187 Å². The third-order valence-electron chi connectivity index (χ3n) is 4.94. The van der Waals surface area contributed by atoms with Crippen molar-refractivity contribution in [1.82, 2.24) is 25.2 Å². The minimum Gasteiger partial charge on any atom is -0.443 e. The van der Waals surface area contributed by atoms with E-state index in [1.807, 2.05) is 66.7 Å². The first kappa shape index (κ1) is 19.5. The molecule has 0 spiro atoms. The third-order valence-corrected chi connectivity index (χ3v) is 5.56. The first-order valence-corrected chi connectivity index (χ1v) is 10.3. The number of anilines is 1. The van der Waals surface area contributed by atoms with Crippen molar-refractivity contribution in [2.75, 3.05) is 5.32 Å². The van der Waals surface area contributed by atoms with Gasteiger partial charge in [0.2, 0.25) is 0 Å². The summed E-state index contributed by atoms with van der Waals surface area (Å²) >= 11 is 12.5. The van der Waals surface area contributed by atoms with Crippen molar-refractivity contribution in [3.63, 3.8) is 0 Å². The molecule has 0 fully saturated rings. The molecule has 5 aromatic rings. The molecule has 1 atom stereocenters. The Morgan fingerprint density at radius 1 is 1.00 bits per heavy atom. The zero-order valence-corrected chi connectivity index (χ0v) is 17.6. The number of rotatable bonds is 6. The number of oxazole rings is 1. The van der Waals surface area contributed by atoms with E-state index in [9.17, 15) is 0 Å². The number of nitrogens with zero attached hydrogens (tertiary/aromatic N) is 5. The molecule has 0 radical (unpaired) electrons. The lowest BCUT2D eigenvalue weighted by Crippen LogP contribution is -2.19. The van der Waals surface area contributed by atoms with Gasteiger partial charge in [-0.25, -0.2) is 9.67 Å². The first-order chi connectivity index (χ1) is 15.2. The standard InChI is InChI=1S/C22H16Cl2N6O/c23-16-7-5-14(6-8-16)21(26-17-9-10-20-19(11-17)25-13-31-20)22-27-28-29-30(22)12-15-3-1-2-4-18(15)24/h1-11,13,21,26H,12H2. The SMILES string of the molecule is Clc1ccc(C(Nc2ccc3ocnc3c2)c2nnnn2Cc2ccccc2Cl)cc1. The number of halogens is 2. The van der Waals surface area contributed by atoms with E-state index in [4.69, 9.17) is 27.6 Å². The van der Waals surface area contributed by atoms with Gasteiger partial charge in [-0.2, -0.15) is 0 Å². The third kappa shape index (κ3) is 4.10. The molecular formula is C22H16Cl2N6O. The monoisotopic (exact) mass is 450 g/mol. The van der Waals surface area contributed by atoms with Crippen LogP contribution in [0.2, 0.25) is 10.0 Å². The Morgan fingerprint density at radius 2 is 1.84 bits per heavy atom. The van der Waals surface area contributed by atoms with Crippen molar-refractivity contribution < 1.29 is 4.42 Å². The highest BCUT2D eigenvalue weighted by atomic mass is 35.5. The van der Waals surface area contributed by atoms with Crippen molar-refractivity contribution >= 4 is 40.0 Å². The van der Waals surface area contributed by atoms with Crippen LogP contribution in [-0.2, 0) is 6.54 Å². The van der Waals surface area contributed by atoms with E-state index in [1.54, 1.807) is 4.68 Å². The molecule has 1 N–H and O–H groups in total. The van der Waals surface area contributed by atoms with Crippen LogP contribution in [0.15, 0.2) is 77.5 Å². The lowest BCUT2D eigenvalue weighted by molar-refractivity contribution is 0.602. The van der Waals surface area contributed by atoms with Crippen LogP contribution in [0, 0.1) is 0 Å². The van der Waals surface area contributed by atoms with Gasteiger partial charge in [-0.1, -0.05) is 53.5 Å². The maximum absolute atomic E-state index is 6.35. The summed E-state index contributed by atoms with van der Waals surface area (Å²) in [5, 5.41) is 17.3. The Kier molecular flexibility index (Phi) is 5.28. The van der Waals surface area contributed by atoms with Crippen molar-refractivity contribution in [2.45, 2.75) is 12.6 Å². The van der Waals surface area contributed by atoms with Gasteiger partial charge in [-0.3, -0.25) is 0 Å². The van der Waals surface area contributed by atoms with Gasteiger partial charge >= 0.3 is 0 Å². The lowest BCUT2D eigenvalue weighted by atomic mass is 10.1. The number of hydrogen-bond acceptors (Lipinski definition) is 6. The van der Waals surface area contributed by atoms with Gasteiger partial charge in [-0.15, -0.1) is 5.10 Å². The van der Waals surface area contributed by atoms with Crippen LogP contribution in [0.4, 0.5) is 5.69 Å². The van der Waals surface area contributed by atoms with E-state index in [-0.39, 0.29) is 6.04 Å². The Hall–Kier alpha value is -3.42. The average molecular weight is 451 g/mol. The van der Waals surface area contributed by atoms with Gasteiger partial charge in [0.15, 0.2) is 17.8 Å². The summed E-state index contributed by atoms with van der Waals surface area (Å²) in [5.74, 6) is 0.641. The van der Waals surface area contributed by atoms with Crippen LogP contribution in [0.5, 0.6) is 0 Å². The van der Waals surface area contributed by atoms with E-state index >= 15 is 0 Å². The van der Waals surface area contributed by atoms with Crippen LogP contribution in [0.1, 0.15) is 23.0 Å². The number of hydrogen-bond donors (Lipinski definition) is 1. The zero-order valence-electron chi connectivity index (χ0n) is 16.1. The molecule has 0 bridgehead atoms. The molecule has 5 rings (SSSR count). The maximum atomic E-state index is 6.35. The first-order valence-electron chi connectivity index (χ1n) is 9.52. The Morgan fingerprint density at radius 3 is 2.68 bits per heavy atom. The van der Waals surface area contributed by atoms with E-state index in [0.717, 1.165) is 27.9 Å². The minimum absolute atomic E-state index is 0.334. The largest absolute Gasteiger partial charge is 0.443 e. The maximum Gasteiger partial charge on any atom is 0.181 e. The average Bonchev–Trinajstić information content (AvgIpc) is 3.43. The van der Waals surface area contributed by atoms with E-state index < -0.39 is 0 Å². The highest BCUT2D eigenvalue weighted by molar-refractivity contribution is 6.31. The molecule has 0 aliphatic rings. The molecular weight excluding hydrogens is 435 g/mol. The molecule has 7 nitrogen and oxygen atoms in total. The fourth-order valence-electron chi connectivity index (χ4n) is 3.39. The second-order valence-electron chi connectivity index (χ2n) is 6.95. The summed E-state index contributed by atoms with van der Waals surface area (Å²) in [5.41, 5.74) is 4.22. The van der Waals surface area contributed by atoms with Crippen molar-refractivity contribution in [2.24, 2.45) is 0 Å². The molecule has 3 aromatic carbocycles. The molecule has 1 unspecified atom stereocenters. The van der Waals surface area contributed by atoms with Gasteiger partial charge in [0.25, 0.3) is 0 Å². The van der Waals surface area contributed by atoms with Gasteiger partial charge in [0.1, 0.15) is 11.6 Å². The molecule has 9 heteroatoms. The summed E-state index contributed by atoms with van der Waals surface area (Å²) in [6.07, 6.45) is 1.43. The summed E-state index contributed by atoms with van der Waals surface area (Å²) < 4.78 is 7.08. The van der Waals surface area contributed by atoms with Gasteiger partial charge in [0.05, 0.1) is 6.54 Å². The van der Waals surface area contributed by atoms with Crippen LogP contribution < -0.4 is 5.32 Å². The highest BCUT2D eigenvalue weighted by Crippen LogP contribution is 2.28. The molecule has 2 heterocycles. The second-order valence-corrected chi connectivity index (χ2v) is 7.79. The topological polar surface area (TPSA) is 81.7 Å². The van der Waals surface area contributed by atoms with Crippen molar-refractivity contribution in [1.29, 1.82) is 0 Å². The highest BCUT2D eigenvalue weighted by Gasteiger charge is 2.22. The normalized spacial score (nSPS) is 12.2. The predicted molar refractivity (Wildman–Crippen MR) is 119 cm³/mol. The predicted octanol–water partition coefficient (Wildman–Crippen LogP) is 5.37. The lowest BCUT2D eigenvalue weighted by Gasteiger charge is -2.20. The van der Waals surface area contributed by atoms with E-state index in [0.29, 0.717) is 22.4 Å². The molecule has 0 aliphatic carbocycles. The van der Waals surface area contributed by atoms with Gasteiger partial charge in [-0.05, 0) is 58.0 Å². The fourth-order valence-corrected chi connectivity index (χ4v) is 3.71. The number of benzene rings is 3. The smallest absolute Gasteiger partial charge is 0.181 e. The van der Waals surface area contributed by atoms with Crippen molar-refractivity contribution in [3.05, 3.63) is 100 Å². The zero-order chi connectivity index (χ0) is 21.2. The second kappa shape index (κ2) is 8.37. The van der Waals surface area contributed by atoms with E-state index in [2.05, 4.69) is 25.8 Å². The van der Waals surface area contributed by atoms with Gasteiger partial charge < -0.3 is 9.73 Å². The molecule has 0 saturated carbocycles. The van der Waals surface area contributed by atoms with Crippen LogP contribution >= 0.6 is 23.2 Å². The van der Waals surface area contributed by atoms with Crippen LogP contribution in [0.25, 0.3) is 11.1 Å². The summed E-state index contributed by atoms with van der Waals surface area (Å²) in [4.78, 5) is 4.23. The summed E-state index contributed by atoms with van der Waals surface area (Å²) in [7, 11) is 0. The fraction of sp³-hybridized carbons (Fsp3) is 0.0909. The molecule has 0 amide bonds.